The van der Waals surface area contributed by atoms with Crippen molar-refractivity contribution < 1.29 is 14.7 Å². The van der Waals surface area contributed by atoms with Gasteiger partial charge in [-0.2, -0.15) is 0 Å². The molecule has 0 fully saturated rings. The van der Waals surface area contributed by atoms with E-state index in [4.69, 9.17) is 16.7 Å². The van der Waals surface area contributed by atoms with Crippen molar-refractivity contribution in [3.05, 3.63) is 28.8 Å². The fourth-order valence-electron chi connectivity index (χ4n) is 1.39. The van der Waals surface area contributed by atoms with E-state index in [-0.39, 0.29) is 0 Å². The number of amides is 2. The summed E-state index contributed by atoms with van der Waals surface area (Å²) in [4.78, 5) is 22.4. The third kappa shape index (κ3) is 3.92. The minimum atomic E-state index is -1.07. The number of carboxylic acid groups (broad SMARTS) is 1. The van der Waals surface area contributed by atoms with Crippen molar-refractivity contribution in [1.29, 1.82) is 0 Å². The van der Waals surface area contributed by atoms with Crippen LogP contribution in [0.25, 0.3) is 0 Å². The fourth-order valence-corrected chi connectivity index (χ4v) is 1.55. The second-order valence-corrected chi connectivity index (χ2v) is 4.29. The zero-order valence-corrected chi connectivity index (χ0v) is 10.9. The van der Waals surface area contributed by atoms with Crippen molar-refractivity contribution in [1.82, 2.24) is 5.32 Å². The zero-order valence-electron chi connectivity index (χ0n) is 10.2. The average Bonchev–Trinajstić information content (AvgIpc) is 2.30. The van der Waals surface area contributed by atoms with E-state index < -0.39 is 18.0 Å². The average molecular weight is 271 g/mol. The molecule has 0 aromatic heterocycles. The van der Waals surface area contributed by atoms with Crippen molar-refractivity contribution in [2.75, 3.05) is 5.32 Å². The van der Waals surface area contributed by atoms with Gasteiger partial charge < -0.3 is 15.7 Å². The molecule has 2 amide bonds. The monoisotopic (exact) mass is 270 g/mol. The lowest BCUT2D eigenvalue weighted by Crippen LogP contribution is -2.42. The van der Waals surface area contributed by atoms with Crippen LogP contribution in [0.3, 0.4) is 0 Å². The molecule has 18 heavy (non-hydrogen) atoms. The molecular formula is C12H15ClN2O3. The molecule has 0 aliphatic heterocycles. The Labute approximate surface area is 110 Å². The third-order valence-corrected chi connectivity index (χ3v) is 2.71. The number of carbonyl (C=O) groups excluding carboxylic acids is 1. The van der Waals surface area contributed by atoms with Crippen LogP contribution in [0.2, 0.25) is 5.02 Å². The van der Waals surface area contributed by atoms with Gasteiger partial charge >= 0.3 is 12.0 Å². The summed E-state index contributed by atoms with van der Waals surface area (Å²) >= 11 is 5.91. The van der Waals surface area contributed by atoms with Gasteiger partial charge in [0, 0.05) is 0 Å². The second-order valence-electron chi connectivity index (χ2n) is 3.88. The third-order valence-electron chi connectivity index (χ3n) is 2.38. The molecule has 1 aromatic carbocycles. The van der Waals surface area contributed by atoms with Crippen molar-refractivity contribution >= 4 is 29.3 Å². The Hall–Kier alpha value is -1.75. The molecule has 0 unspecified atom stereocenters. The maximum atomic E-state index is 11.6. The predicted octanol–water partition coefficient (Wildman–Crippen LogP) is 2.63. The Morgan fingerprint density at radius 3 is 2.67 bits per heavy atom. The lowest BCUT2D eigenvalue weighted by molar-refractivity contribution is -0.139. The molecule has 0 spiro atoms. The molecule has 1 atom stereocenters. The number of aryl methyl sites for hydroxylation is 1. The van der Waals surface area contributed by atoms with E-state index in [0.29, 0.717) is 17.1 Å². The molecule has 3 N–H and O–H groups in total. The summed E-state index contributed by atoms with van der Waals surface area (Å²) in [5.74, 6) is -1.07. The summed E-state index contributed by atoms with van der Waals surface area (Å²) in [6.45, 7) is 3.55. The van der Waals surface area contributed by atoms with Gasteiger partial charge in [-0.1, -0.05) is 24.6 Å². The smallest absolute Gasteiger partial charge is 0.326 e. The predicted molar refractivity (Wildman–Crippen MR) is 70.1 cm³/mol. The zero-order chi connectivity index (χ0) is 13.7. The van der Waals surface area contributed by atoms with Gasteiger partial charge in [-0.3, -0.25) is 0 Å². The molecule has 0 bridgehead atoms. The highest BCUT2D eigenvalue weighted by Gasteiger charge is 2.17. The topological polar surface area (TPSA) is 78.4 Å². The Balaban J connectivity index is 2.70. The lowest BCUT2D eigenvalue weighted by atomic mass is 10.2. The maximum Gasteiger partial charge on any atom is 0.326 e. The van der Waals surface area contributed by atoms with Crippen molar-refractivity contribution in [2.45, 2.75) is 26.3 Å². The van der Waals surface area contributed by atoms with Crippen LogP contribution in [-0.4, -0.2) is 23.1 Å². The number of hydrogen-bond acceptors (Lipinski definition) is 2. The number of carbonyl (C=O) groups is 2. The van der Waals surface area contributed by atoms with Crippen LogP contribution < -0.4 is 10.6 Å². The van der Waals surface area contributed by atoms with Gasteiger partial charge in [-0.05, 0) is 31.0 Å². The van der Waals surface area contributed by atoms with Gasteiger partial charge in [0.1, 0.15) is 6.04 Å². The number of anilines is 1. The molecule has 1 aromatic rings. The minimum absolute atomic E-state index is 0.310. The molecule has 0 saturated carbocycles. The highest BCUT2D eigenvalue weighted by atomic mass is 35.5. The summed E-state index contributed by atoms with van der Waals surface area (Å²) in [5, 5.41) is 14.1. The van der Waals surface area contributed by atoms with Crippen molar-refractivity contribution in [3.63, 3.8) is 0 Å². The van der Waals surface area contributed by atoms with E-state index in [2.05, 4.69) is 10.6 Å². The largest absolute Gasteiger partial charge is 0.480 e. The number of urea groups is 1. The number of aliphatic carboxylic acids is 1. The molecule has 0 aliphatic carbocycles. The van der Waals surface area contributed by atoms with Crippen LogP contribution in [-0.2, 0) is 4.79 Å². The summed E-state index contributed by atoms with van der Waals surface area (Å²) in [6, 6.07) is 3.70. The van der Waals surface area contributed by atoms with Crippen LogP contribution >= 0.6 is 11.6 Å². The quantitative estimate of drug-likeness (QED) is 0.787. The number of hydrogen-bond donors (Lipinski definition) is 3. The first-order valence-electron chi connectivity index (χ1n) is 5.50. The lowest BCUT2D eigenvalue weighted by Gasteiger charge is -2.14. The standard InChI is InChI=1S/C12H15ClN2O3/c1-3-9(11(16)17)14-12(18)15-10-6-7(2)4-5-8(10)13/h4-6,9H,3H2,1-2H3,(H,16,17)(H2,14,15,18)/t9-/m1/s1. The van der Waals surface area contributed by atoms with Crippen LogP contribution in [0, 0.1) is 6.92 Å². The summed E-state index contributed by atoms with van der Waals surface area (Å²) in [5.41, 5.74) is 1.40. The SMILES string of the molecule is CC[C@@H](NC(=O)Nc1cc(C)ccc1Cl)C(=O)O. The highest BCUT2D eigenvalue weighted by Crippen LogP contribution is 2.22. The first-order chi connectivity index (χ1) is 8.43. The first-order valence-corrected chi connectivity index (χ1v) is 5.88. The molecule has 0 radical (unpaired) electrons. The second kappa shape index (κ2) is 6.26. The van der Waals surface area contributed by atoms with Gasteiger partial charge in [0.2, 0.25) is 0 Å². The molecule has 1 rings (SSSR count). The van der Waals surface area contributed by atoms with Crippen LogP contribution in [0.15, 0.2) is 18.2 Å². The summed E-state index contributed by atoms with van der Waals surface area (Å²) in [7, 11) is 0. The van der Waals surface area contributed by atoms with Gasteiger partial charge in [0.15, 0.2) is 0 Å². The van der Waals surface area contributed by atoms with E-state index >= 15 is 0 Å². The van der Waals surface area contributed by atoms with E-state index in [1.165, 1.54) is 0 Å². The van der Waals surface area contributed by atoms with Crippen molar-refractivity contribution in [3.8, 4) is 0 Å². The highest BCUT2D eigenvalue weighted by molar-refractivity contribution is 6.33. The van der Waals surface area contributed by atoms with Crippen LogP contribution in [0.1, 0.15) is 18.9 Å². The number of rotatable bonds is 4. The molecule has 0 heterocycles. The molecule has 5 nitrogen and oxygen atoms in total. The Morgan fingerprint density at radius 2 is 2.11 bits per heavy atom. The molecular weight excluding hydrogens is 256 g/mol. The van der Waals surface area contributed by atoms with Gasteiger partial charge in [-0.15, -0.1) is 0 Å². The van der Waals surface area contributed by atoms with Crippen LogP contribution in [0.4, 0.5) is 10.5 Å². The number of nitrogens with one attached hydrogen (secondary N) is 2. The van der Waals surface area contributed by atoms with Crippen molar-refractivity contribution in [2.24, 2.45) is 0 Å². The Bertz CT molecular complexity index is 463. The van der Waals surface area contributed by atoms with Gasteiger partial charge in [0.05, 0.1) is 10.7 Å². The summed E-state index contributed by atoms with van der Waals surface area (Å²) < 4.78 is 0. The van der Waals surface area contributed by atoms with E-state index in [9.17, 15) is 9.59 Å². The Kier molecular flexibility index (Phi) is 4.97. The summed E-state index contributed by atoms with van der Waals surface area (Å²) in [6.07, 6.45) is 0.310. The number of carboxylic acids is 1. The van der Waals surface area contributed by atoms with Gasteiger partial charge in [-0.25, -0.2) is 9.59 Å². The van der Waals surface area contributed by atoms with Gasteiger partial charge in [0.25, 0.3) is 0 Å². The van der Waals surface area contributed by atoms with E-state index in [1.54, 1.807) is 19.1 Å². The molecule has 0 saturated heterocycles. The fraction of sp³-hybridized carbons (Fsp3) is 0.333. The van der Waals surface area contributed by atoms with Crippen LogP contribution in [0.5, 0.6) is 0 Å². The molecule has 6 heteroatoms. The molecule has 0 aliphatic rings. The maximum absolute atomic E-state index is 11.6. The minimum Gasteiger partial charge on any atom is -0.480 e. The Morgan fingerprint density at radius 1 is 1.44 bits per heavy atom. The molecule has 98 valence electrons. The normalized spacial score (nSPS) is 11.7. The first kappa shape index (κ1) is 14.3. The van der Waals surface area contributed by atoms with E-state index in [0.717, 1.165) is 5.56 Å². The number of benzene rings is 1. The number of halogens is 1. The van der Waals surface area contributed by atoms with E-state index in [1.807, 2.05) is 13.0 Å².